The first-order valence-electron chi connectivity index (χ1n) is 4.62. The molecule has 0 saturated heterocycles. The monoisotopic (exact) mass is 272 g/mol. The number of ketones is 1. The maximum atomic E-state index is 11.3. The highest BCUT2D eigenvalue weighted by molar-refractivity contribution is 9.10. The van der Waals surface area contributed by atoms with Crippen LogP contribution >= 0.6 is 15.9 Å². The van der Waals surface area contributed by atoms with E-state index in [9.17, 15) is 4.79 Å². The van der Waals surface area contributed by atoms with Crippen LogP contribution in [-0.4, -0.2) is 23.6 Å². The third kappa shape index (κ3) is 3.64. The Balaban J connectivity index is 2.92. The van der Waals surface area contributed by atoms with Crippen LogP contribution < -0.4 is 4.74 Å². The highest BCUT2D eigenvalue weighted by Gasteiger charge is 2.09. The van der Waals surface area contributed by atoms with E-state index in [1.807, 2.05) is 0 Å². The minimum absolute atomic E-state index is 0.0527. The summed E-state index contributed by atoms with van der Waals surface area (Å²) >= 11 is 3.30. The van der Waals surface area contributed by atoms with Crippen LogP contribution in [0.2, 0.25) is 0 Å². The van der Waals surface area contributed by atoms with Gasteiger partial charge in [0, 0.05) is 4.47 Å². The van der Waals surface area contributed by atoms with Gasteiger partial charge < -0.3 is 9.84 Å². The van der Waals surface area contributed by atoms with Gasteiger partial charge in [-0.15, -0.1) is 0 Å². The number of carbonyl (C=O) groups excluding carboxylic acids is 1. The Kier molecular flexibility index (Phi) is 4.29. The number of hydrogen-bond acceptors (Lipinski definition) is 3. The number of benzene rings is 1. The Hall–Kier alpha value is -0.870. The maximum Gasteiger partial charge on any atom is 0.163 e. The van der Waals surface area contributed by atoms with Gasteiger partial charge in [0.25, 0.3) is 0 Å². The van der Waals surface area contributed by atoms with Gasteiger partial charge in [-0.1, -0.05) is 15.9 Å². The largest absolute Gasteiger partial charge is 0.490 e. The molecule has 1 unspecified atom stereocenters. The molecule has 1 atom stereocenters. The Labute approximate surface area is 97.2 Å². The first-order valence-corrected chi connectivity index (χ1v) is 5.41. The van der Waals surface area contributed by atoms with Crippen LogP contribution in [-0.2, 0) is 0 Å². The van der Waals surface area contributed by atoms with E-state index in [2.05, 4.69) is 15.9 Å². The lowest BCUT2D eigenvalue weighted by molar-refractivity contribution is 0.0995. The first kappa shape index (κ1) is 12.2. The molecule has 0 aromatic heterocycles. The molecule has 0 aliphatic rings. The smallest absolute Gasteiger partial charge is 0.163 e. The Morgan fingerprint density at radius 1 is 1.60 bits per heavy atom. The molecule has 82 valence electrons. The predicted octanol–water partition coefficient (Wildman–Crippen LogP) is 2.41. The summed E-state index contributed by atoms with van der Waals surface area (Å²) in [5.74, 6) is 0.445. The highest BCUT2D eigenvalue weighted by atomic mass is 79.9. The number of hydrogen-bond donors (Lipinski definition) is 1. The van der Waals surface area contributed by atoms with Gasteiger partial charge in [-0.2, -0.15) is 0 Å². The fourth-order valence-corrected chi connectivity index (χ4v) is 1.46. The molecule has 1 aromatic carbocycles. The van der Waals surface area contributed by atoms with Crippen molar-refractivity contribution in [3.05, 3.63) is 28.2 Å². The number of aliphatic hydroxyl groups is 1. The number of Topliss-reactive ketones (excluding diaryl/α,β-unsaturated/α-hetero) is 1. The lowest BCUT2D eigenvalue weighted by atomic mass is 10.1. The molecular formula is C11H13BrO3. The number of rotatable bonds is 4. The minimum Gasteiger partial charge on any atom is -0.490 e. The molecule has 0 heterocycles. The van der Waals surface area contributed by atoms with Gasteiger partial charge in [0.15, 0.2) is 5.78 Å². The molecule has 4 heteroatoms. The molecule has 0 bridgehead atoms. The number of carbonyl (C=O) groups is 1. The highest BCUT2D eigenvalue weighted by Crippen LogP contribution is 2.24. The fourth-order valence-electron chi connectivity index (χ4n) is 1.12. The molecule has 15 heavy (non-hydrogen) atoms. The number of halogens is 1. The van der Waals surface area contributed by atoms with Crippen molar-refractivity contribution in [2.45, 2.75) is 20.0 Å². The predicted molar refractivity (Wildman–Crippen MR) is 61.3 cm³/mol. The van der Waals surface area contributed by atoms with Crippen molar-refractivity contribution in [3.8, 4) is 5.75 Å². The zero-order valence-corrected chi connectivity index (χ0v) is 10.2. The summed E-state index contributed by atoms with van der Waals surface area (Å²) < 4.78 is 6.18. The van der Waals surface area contributed by atoms with Gasteiger partial charge in [0.1, 0.15) is 12.4 Å². The average Bonchev–Trinajstić information content (AvgIpc) is 2.14. The molecule has 0 amide bonds. The molecule has 0 radical (unpaired) electrons. The number of ether oxygens (including phenoxy) is 1. The van der Waals surface area contributed by atoms with Crippen molar-refractivity contribution < 1.29 is 14.6 Å². The molecule has 0 spiro atoms. The SMILES string of the molecule is CC(=O)c1ccc(Br)cc1OCC(C)O. The van der Waals surface area contributed by atoms with Crippen LogP contribution in [0, 0.1) is 0 Å². The van der Waals surface area contributed by atoms with E-state index >= 15 is 0 Å². The topological polar surface area (TPSA) is 46.5 Å². The van der Waals surface area contributed by atoms with E-state index < -0.39 is 6.10 Å². The van der Waals surface area contributed by atoms with Crippen molar-refractivity contribution in [3.63, 3.8) is 0 Å². The van der Waals surface area contributed by atoms with Gasteiger partial charge in [-0.3, -0.25) is 4.79 Å². The van der Waals surface area contributed by atoms with Crippen molar-refractivity contribution in [2.75, 3.05) is 6.61 Å². The maximum absolute atomic E-state index is 11.3. The quantitative estimate of drug-likeness (QED) is 0.857. The standard InChI is InChI=1S/C11H13BrO3/c1-7(13)6-15-11-5-9(12)3-4-10(11)8(2)14/h3-5,7,13H,6H2,1-2H3. The van der Waals surface area contributed by atoms with Crippen LogP contribution in [0.3, 0.4) is 0 Å². The molecule has 1 aromatic rings. The summed E-state index contributed by atoms with van der Waals surface area (Å²) in [6.07, 6.45) is -0.552. The number of aliphatic hydroxyl groups excluding tert-OH is 1. The van der Waals surface area contributed by atoms with Crippen molar-refractivity contribution in [1.82, 2.24) is 0 Å². The third-order valence-corrected chi connectivity index (χ3v) is 2.30. The minimum atomic E-state index is -0.552. The van der Waals surface area contributed by atoms with E-state index in [1.54, 1.807) is 25.1 Å². The Bertz CT molecular complexity index is 361. The van der Waals surface area contributed by atoms with Crippen molar-refractivity contribution in [2.24, 2.45) is 0 Å². The zero-order chi connectivity index (χ0) is 11.4. The van der Waals surface area contributed by atoms with Crippen molar-refractivity contribution >= 4 is 21.7 Å². The fraction of sp³-hybridized carbons (Fsp3) is 0.364. The van der Waals surface area contributed by atoms with Crippen LogP contribution in [0.15, 0.2) is 22.7 Å². The van der Waals surface area contributed by atoms with E-state index in [4.69, 9.17) is 9.84 Å². The van der Waals surface area contributed by atoms with E-state index in [-0.39, 0.29) is 12.4 Å². The van der Waals surface area contributed by atoms with E-state index in [0.717, 1.165) is 4.47 Å². The molecule has 1 rings (SSSR count). The van der Waals surface area contributed by atoms with Gasteiger partial charge in [-0.25, -0.2) is 0 Å². The Morgan fingerprint density at radius 2 is 2.27 bits per heavy atom. The second kappa shape index (κ2) is 5.28. The second-order valence-electron chi connectivity index (χ2n) is 3.36. The molecule has 0 fully saturated rings. The second-order valence-corrected chi connectivity index (χ2v) is 4.27. The van der Waals surface area contributed by atoms with Gasteiger partial charge in [0.05, 0.1) is 11.7 Å². The molecule has 1 N–H and O–H groups in total. The average molecular weight is 273 g/mol. The van der Waals surface area contributed by atoms with E-state index in [1.165, 1.54) is 6.92 Å². The third-order valence-electron chi connectivity index (χ3n) is 1.80. The molecule has 0 aliphatic heterocycles. The zero-order valence-electron chi connectivity index (χ0n) is 8.66. The molecule has 3 nitrogen and oxygen atoms in total. The molecule has 0 saturated carbocycles. The lowest BCUT2D eigenvalue weighted by Gasteiger charge is -2.11. The normalized spacial score (nSPS) is 12.3. The molecular weight excluding hydrogens is 260 g/mol. The van der Waals surface area contributed by atoms with Crippen LogP contribution in [0.4, 0.5) is 0 Å². The Morgan fingerprint density at radius 3 is 2.80 bits per heavy atom. The summed E-state index contributed by atoms with van der Waals surface area (Å²) in [4.78, 5) is 11.3. The van der Waals surface area contributed by atoms with Crippen LogP contribution in [0.5, 0.6) is 5.75 Å². The van der Waals surface area contributed by atoms with E-state index in [0.29, 0.717) is 11.3 Å². The summed E-state index contributed by atoms with van der Waals surface area (Å²) in [5.41, 5.74) is 0.527. The molecule has 0 aliphatic carbocycles. The summed E-state index contributed by atoms with van der Waals surface area (Å²) in [7, 11) is 0. The summed E-state index contributed by atoms with van der Waals surface area (Å²) in [5, 5.41) is 9.09. The van der Waals surface area contributed by atoms with Gasteiger partial charge in [-0.05, 0) is 32.0 Å². The first-order chi connectivity index (χ1) is 7.00. The van der Waals surface area contributed by atoms with Crippen LogP contribution in [0.1, 0.15) is 24.2 Å². The lowest BCUT2D eigenvalue weighted by Crippen LogP contribution is -2.14. The van der Waals surface area contributed by atoms with Crippen LogP contribution in [0.25, 0.3) is 0 Å². The van der Waals surface area contributed by atoms with Gasteiger partial charge in [0.2, 0.25) is 0 Å². The van der Waals surface area contributed by atoms with Gasteiger partial charge >= 0.3 is 0 Å². The summed E-state index contributed by atoms with van der Waals surface area (Å²) in [6, 6.07) is 5.20. The van der Waals surface area contributed by atoms with Crippen molar-refractivity contribution in [1.29, 1.82) is 0 Å². The summed E-state index contributed by atoms with van der Waals surface area (Å²) in [6.45, 7) is 3.29.